The van der Waals surface area contributed by atoms with E-state index in [4.69, 9.17) is 0 Å². The Morgan fingerprint density at radius 2 is 2.25 bits per heavy atom. The second kappa shape index (κ2) is 3.89. The highest BCUT2D eigenvalue weighted by Gasteiger charge is 2.29. The van der Waals surface area contributed by atoms with Crippen molar-refractivity contribution < 1.29 is 4.79 Å². The summed E-state index contributed by atoms with van der Waals surface area (Å²) in [5, 5.41) is 0. The van der Waals surface area contributed by atoms with Crippen LogP contribution in [-0.4, -0.2) is 23.9 Å². The molecule has 1 aliphatic heterocycles. The molecule has 0 aromatic carbocycles. The van der Waals surface area contributed by atoms with Crippen LogP contribution in [0, 0.1) is 5.41 Å². The van der Waals surface area contributed by atoms with Crippen LogP contribution in [-0.2, 0) is 0 Å². The third-order valence-corrected chi connectivity index (χ3v) is 3.15. The van der Waals surface area contributed by atoms with E-state index in [1.807, 2.05) is 6.07 Å². The van der Waals surface area contributed by atoms with Crippen LogP contribution in [0.2, 0.25) is 0 Å². The molecule has 0 atom stereocenters. The monoisotopic (exact) mass is 218 g/mol. The van der Waals surface area contributed by atoms with Gasteiger partial charge in [0.05, 0.1) is 0 Å². The maximum atomic E-state index is 11.3. The van der Waals surface area contributed by atoms with Gasteiger partial charge in [-0.25, -0.2) is 4.98 Å². The zero-order valence-electron chi connectivity index (χ0n) is 10.2. The van der Waals surface area contributed by atoms with Gasteiger partial charge >= 0.3 is 0 Å². The molecule has 0 bridgehead atoms. The van der Waals surface area contributed by atoms with E-state index in [-0.39, 0.29) is 5.78 Å². The van der Waals surface area contributed by atoms with E-state index in [1.165, 1.54) is 6.42 Å². The standard InChI is InChI=1S/C13H18N2O/c1-10(16)11-4-6-14-12(8-11)15-7-5-13(2,3)9-15/h4,6,8H,5,7,9H2,1-3H3. The van der Waals surface area contributed by atoms with Gasteiger partial charge in [-0.3, -0.25) is 4.79 Å². The van der Waals surface area contributed by atoms with E-state index in [2.05, 4.69) is 23.7 Å². The Hall–Kier alpha value is -1.38. The summed E-state index contributed by atoms with van der Waals surface area (Å²) >= 11 is 0. The van der Waals surface area contributed by atoms with E-state index in [0.29, 0.717) is 5.41 Å². The van der Waals surface area contributed by atoms with Crippen molar-refractivity contribution in [1.82, 2.24) is 4.98 Å². The van der Waals surface area contributed by atoms with E-state index in [9.17, 15) is 4.79 Å². The van der Waals surface area contributed by atoms with Crippen LogP contribution in [0.25, 0.3) is 0 Å². The molecule has 16 heavy (non-hydrogen) atoms. The Bertz CT molecular complexity index is 412. The fourth-order valence-corrected chi connectivity index (χ4v) is 2.12. The highest BCUT2D eigenvalue weighted by Crippen LogP contribution is 2.31. The first-order chi connectivity index (χ1) is 7.48. The molecule has 0 saturated carbocycles. The van der Waals surface area contributed by atoms with Crippen molar-refractivity contribution in [2.24, 2.45) is 5.41 Å². The molecular formula is C13H18N2O. The van der Waals surface area contributed by atoms with E-state index < -0.39 is 0 Å². The summed E-state index contributed by atoms with van der Waals surface area (Å²) in [7, 11) is 0. The summed E-state index contributed by atoms with van der Waals surface area (Å²) < 4.78 is 0. The number of pyridine rings is 1. The van der Waals surface area contributed by atoms with Crippen molar-refractivity contribution in [1.29, 1.82) is 0 Å². The lowest BCUT2D eigenvalue weighted by Gasteiger charge is -2.20. The Labute approximate surface area is 96.5 Å². The van der Waals surface area contributed by atoms with Crippen molar-refractivity contribution >= 4 is 11.6 Å². The second-order valence-electron chi connectivity index (χ2n) is 5.29. The van der Waals surface area contributed by atoms with Gasteiger partial charge in [-0.2, -0.15) is 0 Å². The Morgan fingerprint density at radius 3 is 2.81 bits per heavy atom. The summed E-state index contributed by atoms with van der Waals surface area (Å²) in [5.41, 5.74) is 1.10. The molecule has 0 radical (unpaired) electrons. The van der Waals surface area contributed by atoms with E-state index >= 15 is 0 Å². The van der Waals surface area contributed by atoms with Gasteiger partial charge in [-0.1, -0.05) is 13.8 Å². The minimum absolute atomic E-state index is 0.0992. The van der Waals surface area contributed by atoms with Gasteiger partial charge in [0.15, 0.2) is 5.78 Å². The third kappa shape index (κ3) is 2.23. The maximum Gasteiger partial charge on any atom is 0.159 e. The van der Waals surface area contributed by atoms with E-state index in [0.717, 1.165) is 24.5 Å². The summed E-state index contributed by atoms with van der Waals surface area (Å²) in [4.78, 5) is 17.9. The van der Waals surface area contributed by atoms with Crippen LogP contribution in [0.5, 0.6) is 0 Å². The minimum Gasteiger partial charge on any atom is -0.356 e. The third-order valence-electron chi connectivity index (χ3n) is 3.15. The molecule has 1 aromatic heterocycles. The molecule has 2 heterocycles. The minimum atomic E-state index is 0.0992. The number of ketones is 1. The zero-order valence-corrected chi connectivity index (χ0v) is 10.2. The van der Waals surface area contributed by atoms with Crippen molar-refractivity contribution in [2.45, 2.75) is 27.2 Å². The van der Waals surface area contributed by atoms with Gasteiger partial charge in [-0.05, 0) is 30.9 Å². The molecular weight excluding hydrogens is 200 g/mol. The molecule has 3 nitrogen and oxygen atoms in total. The lowest BCUT2D eigenvalue weighted by atomic mass is 9.93. The topological polar surface area (TPSA) is 33.2 Å². The number of nitrogens with zero attached hydrogens (tertiary/aromatic N) is 2. The van der Waals surface area contributed by atoms with Crippen molar-refractivity contribution in [2.75, 3.05) is 18.0 Å². The van der Waals surface area contributed by atoms with Crippen molar-refractivity contribution in [3.63, 3.8) is 0 Å². The van der Waals surface area contributed by atoms with Crippen LogP contribution in [0.15, 0.2) is 18.3 Å². The molecule has 3 heteroatoms. The molecule has 1 aliphatic rings. The number of hydrogen-bond acceptors (Lipinski definition) is 3. The highest BCUT2D eigenvalue weighted by atomic mass is 16.1. The van der Waals surface area contributed by atoms with Gasteiger partial charge in [0.1, 0.15) is 5.82 Å². The van der Waals surface area contributed by atoms with Crippen LogP contribution in [0.4, 0.5) is 5.82 Å². The molecule has 0 spiro atoms. The molecule has 0 aliphatic carbocycles. The van der Waals surface area contributed by atoms with Crippen molar-refractivity contribution in [3.05, 3.63) is 23.9 Å². The first-order valence-corrected chi connectivity index (χ1v) is 5.70. The van der Waals surface area contributed by atoms with Crippen LogP contribution < -0.4 is 4.90 Å². The molecule has 0 unspecified atom stereocenters. The van der Waals surface area contributed by atoms with Crippen LogP contribution >= 0.6 is 0 Å². The van der Waals surface area contributed by atoms with Gasteiger partial charge in [-0.15, -0.1) is 0 Å². The Morgan fingerprint density at radius 1 is 1.50 bits per heavy atom. The van der Waals surface area contributed by atoms with Gasteiger partial charge in [0, 0.05) is 24.8 Å². The Kier molecular flexibility index (Phi) is 2.70. The average molecular weight is 218 g/mol. The van der Waals surface area contributed by atoms with Gasteiger partial charge in [0.25, 0.3) is 0 Å². The van der Waals surface area contributed by atoms with Gasteiger partial charge < -0.3 is 4.90 Å². The van der Waals surface area contributed by atoms with Crippen LogP contribution in [0.3, 0.4) is 0 Å². The molecule has 0 N–H and O–H groups in total. The highest BCUT2D eigenvalue weighted by molar-refractivity contribution is 5.94. The number of carbonyl (C=O) groups is 1. The SMILES string of the molecule is CC(=O)c1ccnc(N2CCC(C)(C)C2)c1. The molecule has 1 fully saturated rings. The number of carbonyl (C=O) groups excluding carboxylic acids is 1. The summed E-state index contributed by atoms with van der Waals surface area (Å²) in [6.07, 6.45) is 2.90. The zero-order chi connectivity index (χ0) is 11.8. The lowest BCUT2D eigenvalue weighted by molar-refractivity contribution is 0.101. The predicted octanol–water partition coefficient (Wildman–Crippen LogP) is 2.52. The van der Waals surface area contributed by atoms with E-state index in [1.54, 1.807) is 19.2 Å². The number of Topliss-reactive ketones (excluding diaryl/α,β-unsaturated/α-hetero) is 1. The number of anilines is 1. The summed E-state index contributed by atoms with van der Waals surface area (Å²) in [6.45, 7) is 8.17. The van der Waals surface area contributed by atoms with Crippen LogP contribution in [0.1, 0.15) is 37.6 Å². The lowest BCUT2D eigenvalue weighted by Crippen LogP contribution is -2.23. The first-order valence-electron chi connectivity index (χ1n) is 5.70. The average Bonchev–Trinajstić information content (AvgIpc) is 2.59. The largest absolute Gasteiger partial charge is 0.356 e. The number of hydrogen-bond donors (Lipinski definition) is 0. The number of rotatable bonds is 2. The fourth-order valence-electron chi connectivity index (χ4n) is 2.12. The van der Waals surface area contributed by atoms with Gasteiger partial charge in [0.2, 0.25) is 0 Å². The molecule has 0 amide bonds. The Balaban J connectivity index is 2.22. The maximum absolute atomic E-state index is 11.3. The summed E-state index contributed by atoms with van der Waals surface area (Å²) in [5.74, 6) is 1.03. The molecule has 2 rings (SSSR count). The second-order valence-corrected chi connectivity index (χ2v) is 5.29. The first kappa shape index (κ1) is 11.1. The molecule has 86 valence electrons. The molecule has 1 saturated heterocycles. The molecule has 1 aromatic rings. The fraction of sp³-hybridized carbons (Fsp3) is 0.538. The van der Waals surface area contributed by atoms with Crippen molar-refractivity contribution in [3.8, 4) is 0 Å². The predicted molar refractivity (Wildman–Crippen MR) is 64.9 cm³/mol. The quantitative estimate of drug-likeness (QED) is 0.715. The normalized spacial score (nSPS) is 18.8. The number of aromatic nitrogens is 1. The summed E-state index contributed by atoms with van der Waals surface area (Å²) in [6, 6.07) is 3.66. The smallest absolute Gasteiger partial charge is 0.159 e.